The van der Waals surface area contributed by atoms with Crippen LogP contribution in [0.2, 0.25) is 0 Å². The van der Waals surface area contributed by atoms with E-state index < -0.39 is 5.97 Å². The number of aliphatic carboxylic acids is 1. The van der Waals surface area contributed by atoms with Crippen molar-refractivity contribution in [3.05, 3.63) is 0 Å². The maximum Gasteiger partial charge on any atom is 0.317 e. The number of carbonyl (C=O) groups is 1. The van der Waals surface area contributed by atoms with Crippen molar-refractivity contribution in [2.24, 2.45) is 5.41 Å². The smallest absolute Gasteiger partial charge is 0.317 e. The lowest BCUT2D eigenvalue weighted by Crippen LogP contribution is -2.35. The van der Waals surface area contributed by atoms with E-state index in [1.54, 1.807) is 0 Å². The number of carboxylic acids is 1. The molecule has 2 rings (SSSR count). The Morgan fingerprint density at radius 2 is 2.17 bits per heavy atom. The highest BCUT2D eigenvalue weighted by atomic mass is 16.4. The first-order valence-electron chi connectivity index (χ1n) is 4.64. The van der Waals surface area contributed by atoms with Gasteiger partial charge in [0.05, 0.1) is 6.54 Å². The molecule has 0 radical (unpaired) electrons. The molecule has 1 heterocycles. The third-order valence-electron chi connectivity index (χ3n) is 3.29. The first-order valence-corrected chi connectivity index (χ1v) is 4.64. The molecule has 2 fully saturated rings. The molecule has 0 aromatic heterocycles. The third kappa shape index (κ3) is 1.33. The number of rotatable bonds is 2. The van der Waals surface area contributed by atoms with Gasteiger partial charge < -0.3 is 5.11 Å². The molecule has 0 amide bonds. The van der Waals surface area contributed by atoms with Crippen LogP contribution in [0.5, 0.6) is 0 Å². The number of hydrogen-bond donors (Lipinski definition) is 1. The molecule has 68 valence electrons. The Kier molecular flexibility index (Phi) is 1.83. The van der Waals surface area contributed by atoms with Gasteiger partial charge in [-0.3, -0.25) is 9.69 Å². The minimum Gasteiger partial charge on any atom is -0.480 e. The normalized spacial score (nSPS) is 27.3. The van der Waals surface area contributed by atoms with Crippen molar-refractivity contribution < 1.29 is 9.90 Å². The van der Waals surface area contributed by atoms with Crippen molar-refractivity contribution in [3.8, 4) is 0 Å². The van der Waals surface area contributed by atoms with Crippen LogP contribution in [0.15, 0.2) is 0 Å². The van der Waals surface area contributed by atoms with E-state index in [0.717, 1.165) is 13.1 Å². The lowest BCUT2D eigenvalue weighted by molar-refractivity contribution is -0.138. The van der Waals surface area contributed by atoms with Crippen LogP contribution < -0.4 is 0 Å². The number of carboxylic acid groups (broad SMARTS) is 1. The van der Waals surface area contributed by atoms with Crippen LogP contribution >= 0.6 is 0 Å². The van der Waals surface area contributed by atoms with Crippen molar-refractivity contribution in [2.75, 3.05) is 19.6 Å². The van der Waals surface area contributed by atoms with Gasteiger partial charge in [0.15, 0.2) is 0 Å². The summed E-state index contributed by atoms with van der Waals surface area (Å²) in [6.07, 6.45) is 5.22. The highest BCUT2D eigenvalue weighted by Gasteiger charge is 2.42. The number of likely N-dealkylation sites (tertiary alicyclic amines) is 1. The monoisotopic (exact) mass is 169 g/mol. The van der Waals surface area contributed by atoms with Crippen molar-refractivity contribution in [1.29, 1.82) is 0 Å². The standard InChI is InChI=1S/C9H15NO2/c11-8(12)6-10-5-4-9(7-10)2-1-3-9/h1-7H2,(H,11,12). The summed E-state index contributed by atoms with van der Waals surface area (Å²) >= 11 is 0. The van der Waals surface area contributed by atoms with Crippen LogP contribution in [-0.4, -0.2) is 35.6 Å². The van der Waals surface area contributed by atoms with Gasteiger partial charge in [-0.15, -0.1) is 0 Å². The second-order valence-corrected chi connectivity index (χ2v) is 4.21. The van der Waals surface area contributed by atoms with E-state index in [0.29, 0.717) is 5.41 Å². The zero-order valence-electron chi connectivity index (χ0n) is 7.25. The molecule has 1 spiro atoms. The van der Waals surface area contributed by atoms with Gasteiger partial charge in [0, 0.05) is 6.54 Å². The number of hydrogen-bond acceptors (Lipinski definition) is 2. The maximum atomic E-state index is 10.4. The highest BCUT2D eigenvalue weighted by Crippen LogP contribution is 2.47. The summed E-state index contributed by atoms with van der Waals surface area (Å²) in [6.45, 7) is 2.26. The van der Waals surface area contributed by atoms with Crippen LogP contribution in [0.3, 0.4) is 0 Å². The van der Waals surface area contributed by atoms with Gasteiger partial charge >= 0.3 is 5.97 Å². The Bertz CT molecular complexity index is 199. The van der Waals surface area contributed by atoms with E-state index in [9.17, 15) is 4.79 Å². The van der Waals surface area contributed by atoms with Gasteiger partial charge in [-0.1, -0.05) is 6.42 Å². The van der Waals surface area contributed by atoms with Crippen LogP contribution in [0, 0.1) is 5.41 Å². The van der Waals surface area contributed by atoms with E-state index in [2.05, 4.69) is 4.90 Å². The summed E-state index contributed by atoms with van der Waals surface area (Å²) in [5.74, 6) is -0.689. The quantitative estimate of drug-likeness (QED) is 0.669. The maximum absolute atomic E-state index is 10.4. The van der Waals surface area contributed by atoms with Crippen molar-refractivity contribution >= 4 is 5.97 Å². The van der Waals surface area contributed by atoms with Crippen molar-refractivity contribution in [1.82, 2.24) is 4.90 Å². The van der Waals surface area contributed by atoms with Gasteiger partial charge in [-0.05, 0) is 31.2 Å². The molecule has 0 bridgehead atoms. The Morgan fingerprint density at radius 1 is 1.42 bits per heavy atom. The Morgan fingerprint density at radius 3 is 2.58 bits per heavy atom. The van der Waals surface area contributed by atoms with Crippen LogP contribution in [0.1, 0.15) is 25.7 Å². The molecule has 0 aromatic carbocycles. The topological polar surface area (TPSA) is 40.5 Å². The molecule has 3 heteroatoms. The summed E-state index contributed by atoms with van der Waals surface area (Å²) in [6, 6.07) is 0. The predicted octanol–water partition coefficient (Wildman–Crippen LogP) is 0.947. The fraction of sp³-hybridized carbons (Fsp3) is 0.889. The third-order valence-corrected chi connectivity index (χ3v) is 3.29. The van der Waals surface area contributed by atoms with E-state index in [1.807, 2.05) is 0 Å². The molecule has 0 aromatic rings. The van der Waals surface area contributed by atoms with Gasteiger partial charge in [0.1, 0.15) is 0 Å². The lowest BCUT2D eigenvalue weighted by Gasteiger charge is -2.38. The minimum absolute atomic E-state index is 0.238. The molecule has 1 aliphatic heterocycles. The Labute approximate surface area is 72.4 Å². The minimum atomic E-state index is -0.689. The molecular formula is C9H15NO2. The zero-order chi connectivity index (χ0) is 8.60. The molecule has 1 saturated heterocycles. The predicted molar refractivity (Wildman–Crippen MR) is 45.0 cm³/mol. The summed E-state index contributed by atoms with van der Waals surface area (Å²) < 4.78 is 0. The molecular weight excluding hydrogens is 154 g/mol. The molecule has 0 atom stereocenters. The second-order valence-electron chi connectivity index (χ2n) is 4.21. The SMILES string of the molecule is O=C(O)CN1CCC2(CCC2)C1. The van der Waals surface area contributed by atoms with Gasteiger partial charge in [0.25, 0.3) is 0 Å². The van der Waals surface area contributed by atoms with Gasteiger partial charge in [-0.2, -0.15) is 0 Å². The summed E-state index contributed by atoms with van der Waals surface area (Å²) in [7, 11) is 0. The average Bonchev–Trinajstić information content (AvgIpc) is 2.29. The second kappa shape index (κ2) is 2.73. The van der Waals surface area contributed by atoms with E-state index in [1.165, 1.54) is 25.7 Å². The van der Waals surface area contributed by atoms with E-state index in [4.69, 9.17) is 5.11 Å². The summed E-state index contributed by atoms with van der Waals surface area (Å²) in [5.41, 5.74) is 0.537. The average molecular weight is 169 g/mol. The first kappa shape index (κ1) is 8.05. The fourth-order valence-corrected chi connectivity index (χ4v) is 2.44. The molecule has 1 saturated carbocycles. The first-order chi connectivity index (χ1) is 5.70. The molecule has 2 aliphatic rings. The Balaban J connectivity index is 1.85. The zero-order valence-corrected chi connectivity index (χ0v) is 7.25. The lowest BCUT2D eigenvalue weighted by atomic mass is 9.68. The molecule has 1 N–H and O–H groups in total. The fourth-order valence-electron chi connectivity index (χ4n) is 2.44. The van der Waals surface area contributed by atoms with Crippen LogP contribution in [-0.2, 0) is 4.79 Å². The van der Waals surface area contributed by atoms with Crippen molar-refractivity contribution in [2.45, 2.75) is 25.7 Å². The molecule has 1 aliphatic carbocycles. The van der Waals surface area contributed by atoms with Crippen LogP contribution in [0.25, 0.3) is 0 Å². The van der Waals surface area contributed by atoms with Gasteiger partial charge in [0.2, 0.25) is 0 Å². The van der Waals surface area contributed by atoms with E-state index >= 15 is 0 Å². The van der Waals surface area contributed by atoms with Crippen LogP contribution in [0.4, 0.5) is 0 Å². The Hall–Kier alpha value is -0.570. The summed E-state index contributed by atoms with van der Waals surface area (Å²) in [4.78, 5) is 12.5. The highest BCUT2D eigenvalue weighted by molar-refractivity contribution is 5.69. The number of nitrogens with zero attached hydrogens (tertiary/aromatic N) is 1. The molecule has 0 unspecified atom stereocenters. The molecule has 3 nitrogen and oxygen atoms in total. The largest absolute Gasteiger partial charge is 0.480 e. The summed E-state index contributed by atoms with van der Waals surface area (Å²) in [5, 5.41) is 8.59. The van der Waals surface area contributed by atoms with Crippen molar-refractivity contribution in [3.63, 3.8) is 0 Å². The molecule has 12 heavy (non-hydrogen) atoms. The van der Waals surface area contributed by atoms with E-state index in [-0.39, 0.29) is 6.54 Å². The van der Waals surface area contributed by atoms with Gasteiger partial charge in [-0.25, -0.2) is 0 Å².